The highest BCUT2D eigenvalue weighted by Gasteiger charge is 2.22. The number of ether oxygens (including phenoxy) is 3. The molecule has 1 heterocycles. The van der Waals surface area contributed by atoms with Crippen molar-refractivity contribution < 1.29 is 38.2 Å². The molecule has 0 radical (unpaired) electrons. The number of rotatable bonds is 14. The van der Waals surface area contributed by atoms with E-state index in [1.807, 2.05) is 42.5 Å². The van der Waals surface area contributed by atoms with Crippen molar-refractivity contribution in [3.05, 3.63) is 96.2 Å². The Kier molecular flexibility index (Phi) is 17.3. The minimum atomic E-state index is -0.841. The van der Waals surface area contributed by atoms with E-state index in [4.69, 9.17) is 24.2 Å². The van der Waals surface area contributed by atoms with E-state index in [9.17, 15) is 24.0 Å². The van der Waals surface area contributed by atoms with E-state index < -0.39 is 35.1 Å². The lowest BCUT2D eigenvalue weighted by Crippen LogP contribution is -2.47. The molecule has 4 rings (SSSR count). The lowest BCUT2D eigenvalue weighted by atomic mass is 10.0. The summed E-state index contributed by atoms with van der Waals surface area (Å²) in [5, 5.41) is 13.2. The molecule has 336 valence electrons. The van der Waals surface area contributed by atoms with Crippen molar-refractivity contribution in [1.29, 1.82) is 0 Å². The normalized spacial score (nSPS) is 11.4. The Morgan fingerprint density at radius 1 is 0.587 bits per heavy atom. The second-order valence-corrected chi connectivity index (χ2v) is 17.6. The molecule has 3 aromatic carbocycles. The van der Waals surface area contributed by atoms with Crippen LogP contribution in [0.5, 0.6) is 0 Å². The zero-order valence-electron chi connectivity index (χ0n) is 37.6. The molecule has 0 spiro atoms. The predicted molar refractivity (Wildman–Crippen MR) is 243 cm³/mol. The number of anilines is 2. The number of carbonyl (C=O) groups is 5. The molecule has 63 heavy (non-hydrogen) atoms. The number of nitrogens with one attached hydrogen (secondary N) is 5. The van der Waals surface area contributed by atoms with Gasteiger partial charge in [0.15, 0.2) is 5.82 Å². The predicted octanol–water partition coefficient (Wildman–Crippen LogP) is 8.57. The number of nitrogens with zero attached hydrogens (tertiary/aromatic N) is 3. The second-order valence-electron chi connectivity index (χ2n) is 17.6. The molecule has 1 aromatic heterocycles. The molecule has 0 atom stereocenters. The number of amides is 5. The van der Waals surface area contributed by atoms with E-state index in [0.717, 1.165) is 24.1 Å². The van der Waals surface area contributed by atoms with Gasteiger partial charge in [-0.3, -0.25) is 25.2 Å². The minimum absolute atomic E-state index is 0.0404. The number of aromatic nitrogens is 2. The number of aliphatic imine (C=N–C) groups is 1. The fraction of sp³-hybridized carbons (Fsp3) is 0.404. The Morgan fingerprint density at radius 3 is 1.71 bits per heavy atom. The third-order valence-corrected chi connectivity index (χ3v) is 8.23. The van der Waals surface area contributed by atoms with Crippen LogP contribution in [0.2, 0.25) is 0 Å². The van der Waals surface area contributed by atoms with E-state index in [1.165, 1.54) is 5.56 Å². The van der Waals surface area contributed by atoms with Crippen molar-refractivity contribution in [3.8, 4) is 22.6 Å². The number of benzene rings is 3. The van der Waals surface area contributed by atoms with Gasteiger partial charge < -0.3 is 30.2 Å². The van der Waals surface area contributed by atoms with Gasteiger partial charge >= 0.3 is 18.3 Å². The number of hydrogen-bond donors (Lipinski definition) is 5. The molecule has 5 N–H and O–H groups in total. The Labute approximate surface area is 369 Å². The maximum atomic E-state index is 13.2. The molecule has 0 fully saturated rings. The van der Waals surface area contributed by atoms with Gasteiger partial charge in [0.05, 0.1) is 12.2 Å². The van der Waals surface area contributed by atoms with Crippen LogP contribution in [-0.4, -0.2) is 75.9 Å². The molecule has 16 nitrogen and oxygen atoms in total. The van der Waals surface area contributed by atoms with Crippen molar-refractivity contribution in [2.75, 3.05) is 23.7 Å². The van der Waals surface area contributed by atoms with Crippen molar-refractivity contribution in [3.63, 3.8) is 0 Å². The number of alkyl carbamates (subject to hydrolysis) is 3. The topological polar surface area (TPSA) is 211 Å². The van der Waals surface area contributed by atoms with E-state index in [-0.39, 0.29) is 43.7 Å². The summed E-state index contributed by atoms with van der Waals surface area (Å²) in [6.07, 6.45) is 0.0499. The molecule has 0 aliphatic heterocycles. The molecule has 5 amide bonds. The average Bonchev–Trinajstić information content (AvgIpc) is 3.16. The summed E-state index contributed by atoms with van der Waals surface area (Å²) < 4.78 is 15.8. The highest BCUT2D eigenvalue weighted by atomic mass is 16.6. The molecule has 0 aliphatic carbocycles. The van der Waals surface area contributed by atoms with Crippen LogP contribution in [0, 0.1) is 0 Å². The number of guanidine groups is 1. The molecular formula is C47H60N8O8. The number of hydrogen-bond acceptors (Lipinski definition) is 11. The SMILES string of the molecule is CC(C)(C)OC(=O)NCCC(=O)Nc1cccc(-c2nc(CCCc3ccccc3)cc(-c3cccc(NC(=O)CCN=C(NC(=O)OC(C)(C)C)NC(=O)OC(C)(C)C)c3)n2)c1. The van der Waals surface area contributed by atoms with E-state index in [2.05, 4.69) is 43.7 Å². The largest absolute Gasteiger partial charge is 0.444 e. The van der Waals surface area contributed by atoms with Gasteiger partial charge in [0, 0.05) is 47.6 Å². The first-order valence-corrected chi connectivity index (χ1v) is 20.8. The second kappa shape index (κ2) is 22.3. The summed E-state index contributed by atoms with van der Waals surface area (Å²) in [6, 6.07) is 26.6. The summed E-state index contributed by atoms with van der Waals surface area (Å²) in [5.74, 6) is -0.435. The van der Waals surface area contributed by atoms with Gasteiger partial charge in [-0.1, -0.05) is 54.6 Å². The summed E-state index contributed by atoms with van der Waals surface area (Å²) in [7, 11) is 0. The quantitative estimate of drug-likeness (QED) is 0.0463. The molecule has 4 aromatic rings. The molecular weight excluding hydrogens is 805 g/mol. The van der Waals surface area contributed by atoms with Crippen molar-refractivity contribution in [2.24, 2.45) is 4.99 Å². The first-order valence-electron chi connectivity index (χ1n) is 20.8. The van der Waals surface area contributed by atoms with Crippen LogP contribution in [-0.2, 0) is 36.6 Å². The van der Waals surface area contributed by atoms with Crippen molar-refractivity contribution in [1.82, 2.24) is 25.9 Å². The van der Waals surface area contributed by atoms with Crippen LogP contribution in [0.15, 0.2) is 89.9 Å². The van der Waals surface area contributed by atoms with Crippen LogP contribution < -0.4 is 26.6 Å². The standard InChI is InChI=1S/C47H60N8O8/c1-45(2,3)61-42(58)49-27-25-39(57)51-35-23-15-20-33(29-35)40-52-36(21-13-18-31-16-11-10-12-17-31)30-37(53-40)32-19-14-22-34(28-32)50-38(56)24-26-48-41(54-43(59)62-46(4,5)6)55-44(60)63-47(7,8)9/h10-12,14-17,19-20,22-23,28-30H,13,18,21,24-27H2,1-9H3,(H,49,58)(H,50,56)(H,51,57)(H2,48,54,55,59,60). The Hall–Kier alpha value is -6.84. The molecule has 0 bridgehead atoms. The Balaban J connectivity index is 1.50. The third kappa shape index (κ3) is 19.2. The average molecular weight is 865 g/mol. The highest BCUT2D eigenvalue weighted by molar-refractivity contribution is 6.01. The fourth-order valence-corrected chi connectivity index (χ4v) is 5.73. The van der Waals surface area contributed by atoms with Gasteiger partial charge in [-0.15, -0.1) is 0 Å². The first kappa shape index (κ1) is 48.8. The molecule has 16 heteroatoms. The monoisotopic (exact) mass is 864 g/mol. The summed E-state index contributed by atoms with van der Waals surface area (Å²) in [4.78, 5) is 77.0. The smallest absolute Gasteiger partial charge is 0.414 e. The molecule has 0 saturated heterocycles. The lowest BCUT2D eigenvalue weighted by molar-refractivity contribution is -0.116. The van der Waals surface area contributed by atoms with Gasteiger partial charge in [0.2, 0.25) is 17.8 Å². The van der Waals surface area contributed by atoms with Crippen molar-refractivity contribution in [2.45, 2.75) is 111 Å². The highest BCUT2D eigenvalue weighted by Crippen LogP contribution is 2.27. The van der Waals surface area contributed by atoms with Crippen LogP contribution in [0.3, 0.4) is 0 Å². The summed E-state index contributed by atoms with van der Waals surface area (Å²) in [6.45, 7) is 15.5. The zero-order valence-corrected chi connectivity index (χ0v) is 37.6. The Morgan fingerprint density at radius 2 is 1.13 bits per heavy atom. The zero-order chi connectivity index (χ0) is 46.2. The minimum Gasteiger partial charge on any atom is -0.444 e. The maximum absolute atomic E-state index is 13.2. The number of carbonyl (C=O) groups excluding carboxylic acids is 5. The maximum Gasteiger partial charge on any atom is 0.414 e. The summed E-state index contributed by atoms with van der Waals surface area (Å²) in [5.41, 5.74) is 2.87. The van der Waals surface area contributed by atoms with E-state index in [0.29, 0.717) is 34.9 Å². The van der Waals surface area contributed by atoms with Gasteiger partial charge in [-0.25, -0.2) is 24.4 Å². The fourth-order valence-electron chi connectivity index (χ4n) is 5.73. The van der Waals surface area contributed by atoms with Crippen LogP contribution in [0.4, 0.5) is 25.8 Å². The molecule has 0 unspecified atom stereocenters. The molecule has 0 saturated carbocycles. The van der Waals surface area contributed by atoms with E-state index >= 15 is 0 Å². The Bertz CT molecular complexity index is 2210. The number of aryl methyl sites for hydroxylation is 2. The third-order valence-electron chi connectivity index (χ3n) is 8.23. The summed E-state index contributed by atoms with van der Waals surface area (Å²) >= 11 is 0. The van der Waals surface area contributed by atoms with Gasteiger partial charge in [-0.05, 0) is 117 Å². The van der Waals surface area contributed by atoms with Gasteiger partial charge in [0.1, 0.15) is 16.8 Å². The van der Waals surface area contributed by atoms with E-state index in [1.54, 1.807) is 92.6 Å². The first-order chi connectivity index (χ1) is 29.6. The van der Waals surface area contributed by atoms with Gasteiger partial charge in [-0.2, -0.15) is 0 Å². The molecule has 0 aliphatic rings. The van der Waals surface area contributed by atoms with Crippen LogP contribution in [0.25, 0.3) is 22.6 Å². The van der Waals surface area contributed by atoms with Crippen molar-refractivity contribution >= 4 is 47.4 Å². The lowest BCUT2D eigenvalue weighted by Gasteiger charge is -2.22. The van der Waals surface area contributed by atoms with Crippen LogP contribution >= 0.6 is 0 Å². The van der Waals surface area contributed by atoms with Crippen LogP contribution in [0.1, 0.15) is 92.8 Å². The van der Waals surface area contributed by atoms with Gasteiger partial charge in [0.25, 0.3) is 0 Å².